The molecule has 0 saturated carbocycles. The van der Waals surface area contributed by atoms with Crippen molar-refractivity contribution in [3.63, 3.8) is 0 Å². The first kappa shape index (κ1) is 35.1. The van der Waals surface area contributed by atoms with E-state index in [1.54, 1.807) is 0 Å². The molecule has 0 bridgehead atoms. The molecule has 63 heavy (non-hydrogen) atoms. The zero-order valence-electron chi connectivity index (χ0n) is 34.2. The molecule has 0 aliphatic heterocycles. The smallest absolute Gasteiger partial charge is 0.0992 e. The van der Waals surface area contributed by atoms with Crippen LogP contribution in [0.25, 0.3) is 110 Å². The van der Waals surface area contributed by atoms with Crippen molar-refractivity contribution in [3.05, 3.63) is 205 Å². The molecule has 0 radical (unpaired) electrons. The Bertz CT molecular complexity index is 4100. The maximum Gasteiger partial charge on any atom is 0.0992 e. The van der Waals surface area contributed by atoms with Crippen LogP contribution in [0.5, 0.6) is 0 Å². The molecule has 4 aromatic heterocycles. The predicted molar refractivity (Wildman–Crippen MR) is 262 cm³/mol. The summed E-state index contributed by atoms with van der Waals surface area (Å²) in [5.41, 5.74) is 14.3. The first-order valence-electron chi connectivity index (χ1n) is 21.3. The van der Waals surface area contributed by atoms with Gasteiger partial charge in [-0.3, -0.25) is 4.99 Å². The molecule has 0 spiro atoms. The topological polar surface area (TPSA) is 55.9 Å². The molecule has 9 aromatic carbocycles. The molecule has 6 heteroatoms. The van der Waals surface area contributed by atoms with E-state index in [4.69, 9.17) is 0 Å². The highest BCUT2D eigenvalue weighted by atomic mass is 15.1. The van der Waals surface area contributed by atoms with Crippen molar-refractivity contribution >= 4 is 93.4 Å². The second-order valence-corrected chi connectivity index (χ2v) is 16.2. The van der Waals surface area contributed by atoms with Crippen molar-refractivity contribution in [1.82, 2.24) is 18.3 Å². The summed E-state index contributed by atoms with van der Waals surface area (Å²) in [7, 11) is 1.81. The van der Waals surface area contributed by atoms with Gasteiger partial charge in [-0.25, -0.2) is 0 Å². The van der Waals surface area contributed by atoms with Crippen LogP contribution in [0.4, 0.5) is 0 Å². The van der Waals surface area contributed by atoms with Crippen molar-refractivity contribution in [2.75, 3.05) is 7.05 Å². The van der Waals surface area contributed by atoms with Crippen LogP contribution in [0.3, 0.4) is 0 Å². The number of nitrogens with zero attached hydrogens (tertiary/aromatic N) is 6. The van der Waals surface area contributed by atoms with Crippen molar-refractivity contribution in [3.8, 4) is 28.8 Å². The van der Waals surface area contributed by atoms with E-state index < -0.39 is 0 Å². The molecule has 13 aromatic rings. The van der Waals surface area contributed by atoms with Crippen LogP contribution in [-0.4, -0.2) is 31.5 Å². The van der Waals surface area contributed by atoms with E-state index in [1.807, 2.05) is 19.3 Å². The van der Waals surface area contributed by atoms with Crippen molar-refractivity contribution < 1.29 is 0 Å². The predicted octanol–water partition coefficient (Wildman–Crippen LogP) is 14.0. The number of nitriles is 1. The van der Waals surface area contributed by atoms with Gasteiger partial charge in [0.05, 0.1) is 67.1 Å². The summed E-state index contributed by atoms with van der Waals surface area (Å²) in [5.74, 6) is 0. The molecule has 0 saturated heterocycles. The molecule has 6 nitrogen and oxygen atoms in total. The minimum Gasteiger partial charge on any atom is -0.309 e. The van der Waals surface area contributed by atoms with Gasteiger partial charge in [-0.05, 0) is 72.8 Å². The summed E-state index contributed by atoms with van der Waals surface area (Å²) in [6.07, 6.45) is 1.92. The summed E-state index contributed by atoms with van der Waals surface area (Å²) >= 11 is 0. The second kappa shape index (κ2) is 13.4. The maximum atomic E-state index is 10.8. The lowest BCUT2D eigenvalue weighted by Crippen LogP contribution is -2.08. The van der Waals surface area contributed by atoms with Gasteiger partial charge in [-0.2, -0.15) is 5.26 Å². The molecule has 0 atom stereocenters. The first-order chi connectivity index (χ1) is 31.2. The lowest BCUT2D eigenvalue weighted by Gasteiger charge is -2.20. The van der Waals surface area contributed by atoms with Gasteiger partial charge in [0.25, 0.3) is 0 Å². The Hall–Kier alpha value is -8.66. The third-order valence-electron chi connectivity index (χ3n) is 12.9. The Labute approximate surface area is 361 Å². The van der Waals surface area contributed by atoms with Crippen LogP contribution in [0.15, 0.2) is 199 Å². The Morgan fingerprint density at radius 2 is 0.841 bits per heavy atom. The monoisotopic (exact) mass is 804 g/mol. The summed E-state index contributed by atoms with van der Waals surface area (Å²) in [6, 6.07) is 71.8. The molecule has 13 rings (SSSR count). The quantitative estimate of drug-likeness (QED) is 0.160. The van der Waals surface area contributed by atoms with Crippen LogP contribution >= 0.6 is 0 Å². The van der Waals surface area contributed by atoms with E-state index in [0.29, 0.717) is 5.56 Å². The maximum absolute atomic E-state index is 10.8. The van der Waals surface area contributed by atoms with E-state index in [2.05, 4.69) is 217 Å². The summed E-state index contributed by atoms with van der Waals surface area (Å²) in [4.78, 5) is 4.68. The third-order valence-corrected chi connectivity index (χ3v) is 12.9. The lowest BCUT2D eigenvalue weighted by molar-refractivity contribution is 1.09. The summed E-state index contributed by atoms with van der Waals surface area (Å²) in [5, 5.41) is 20.1. The lowest BCUT2D eigenvalue weighted by atomic mass is 10.0. The van der Waals surface area contributed by atoms with Crippen LogP contribution in [0, 0.1) is 11.3 Å². The van der Waals surface area contributed by atoms with Crippen LogP contribution in [0.1, 0.15) is 11.1 Å². The highest BCUT2D eigenvalue weighted by molar-refractivity contribution is 6.28. The van der Waals surface area contributed by atoms with Gasteiger partial charge >= 0.3 is 0 Å². The van der Waals surface area contributed by atoms with Crippen molar-refractivity contribution in [2.24, 2.45) is 4.99 Å². The number of hydrogen-bond acceptors (Lipinski definition) is 2. The summed E-state index contributed by atoms with van der Waals surface area (Å²) in [6.45, 7) is 0. The number of aliphatic imine (C=N–C) groups is 1. The van der Waals surface area contributed by atoms with E-state index in [-0.39, 0.29) is 0 Å². The van der Waals surface area contributed by atoms with Crippen LogP contribution < -0.4 is 0 Å². The van der Waals surface area contributed by atoms with Gasteiger partial charge in [0.15, 0.2) is 0 Å². The molecular weight excluding hydrogens is 769 g/mol. The number of rotatable bonds is 5. The molecule has 0 aliphatic carbocycles. The van der Waals surface area contributed by atoms with E-state index in [0.717, 1.165) is 110 Å². The van der Waals surface area contributed by atoms with Gasteiger partial charge in [-0.15, -0.1) is 0 Å². The summed E-state index contributed by atoms with van der Waals surface area (Å²) < 4.78 is 9.63. The van der Waals surface area contributed by atoms with Gasteiger partial charge in [0.1, 0.15) is 0 Å². The second-order valence-electron chi connectivity index (χ2n) is 16.2. The minimum atomic E-state index is 0.556. The fraction of sp³-hybridized carbons (Fsp3) is 0.0175. The molecule has 294 valence electrons. The van der Waals surface area contributed by atoms with Crippen molar-refractivity contribution in [2.45, 2.75) is 0 Å². The van der Waals surface area contributed by atoms with Gasteiger partial charge < -0.3 is 18.3 Å². The average molecular weight is 805 g/mol. The Morgan fingerprint density at radius 1 is 0.413 bits per heavy atom. The first-order valence-corrected chi connectivity index (χ1v) is 21.3. The fourth-order valence-corrected chi connectivity index (χ4v) is 10.6. The zero-order chi connectivity index (χ0) is 41.8. The molecule has 0 unspecified atom stereocenters. The largest absolute Gasteiger partial charge is 0.309 e. The van der Waals surface area contributed by atoms with Crippen LogP contribution in [-0.2, 0) is 0 Å². The SMILES string of the molecule is CN=Cc1cc(C#N)cc(-n2c3ccccc3c3ccc4c(c5ccccc5n4-c4ccccc4)c32)c1-n1c2ccccc2c2ccc3c(c4ccccc4n3-c3ccccc3)c21. The number of hydrogen-bond donors (Lipinski definition) is 0. The van der Waals surface area contributed by atoms with Gasteiger partial charge in [0, 0.05) is 73.3 Å². The number of fused-ring (bicyclic) bond motifs is 14. The number of para-hydroxylation sites is 6. The minimum absolute atomic E-state index is 0.556. The fourth-order valence-electron chi connectivity index (χ4n) is 10.6. The third kappa shape index (κ3) is 4.85. The van der Waals surface area contributed by atoms with Crippen molar-refractivity contribution in [1.29, 1.82) is 5.26 Å². The van der Waals surface area contributed by atoms with Gasteiger partial charge in [-0.1, -0.05) is 121 Å². The molecule has 0 fully saturated rings. The molecule has 0 aliphatic rings. The van der Waals surface area contributed by atoms with Gasteiger partial charge in [0.2, 0.25) is 0 Å². The van der Waals surface area contributed by atoms with E-state index in [9.17, 15) is 5.26 Å². The van der Waals surface area contributed by atoms with E-state index >= 15 is 0 Å². The Balaban J connectivity index is 1.27. The Kier molecular flexibility index (Phi) is 7.48. The van der Waals surface area contributed by atoms with Crippen LogP contribution in [0.2, 0.25) is 0 Å². The zero-order valence-corrected chi connectivity index (χ0v) is 34.2. The number of aromatic nitrogens is 4. The number of benzene rings is 9. The molecule has 4 heterocycles. The highest BCUT2D eigenvalue weighted by Crippen LogP contribution is 2.47. The molecule has 0 N–H and O–H groups in total. The van der Waals surface area contributed by atoms with E-state index in [1.165, 1.54) is 5.39 Å². The Morgan fingerprint density at radius 3 is 1.33 bits per heavy atom. The molecular formula is C57H36N6. The standard InChI is InChI=1S/C57H36N6/c1-59-35-37-32-36(34-58)33-52(62-46-24-12-8-20-40(46)42-28-30-50-53(56(42)62)44-22-10-14-26-48(44)60(50)38-16-4-2-5-17-38)55(37)63-47-25-13-9-21-41(47)43-29-31-51-54(57(43)63)45-23-11-15-27-49(45)61(51)39-18-6-3-7-19-39/h2-33,35H,1H3. The highest BCUT2D eigenvalue weighted by Gasteiger charge is 2.27. The average Bonchev–Trinajstić information content (AvgIpc) is 4.07. The normalized spacial score (nSPS) is 12.1. The molecule has 0 amide bonds.